The van der Waals surface area contributed by atoms with Gasteiger partial charge in [-0.1, -0.05) is 23.2 Å². The molecular weight excluding hydrogens is 325 g/mol. The largest absolute Gasteiger partial charge is 0.492 e. The van der Waals surface area contributed by atoms with E-state index in [1.54, 1.807) is 0 Å². The van der Waals surface area contributed by atoms with Crippen LogP contribution in [0.3, 0.4) is 0 Å². The third-order valence-corrected chi connectivity index (χ3v) is 3.30. The molecule has 2 rings (SSSR count). The highest BCUT2D eigenvalue weighted by atomic mass is 35.5. The van der Waals surface area contributed by atoms with Crippen molar-refractivity contribution in [1.29, 1.82) is 0 Å². The molecule has 110 valence electrons. The van der Waals surface area contributed by atoms with Crippen molar-refractivity contribution in [3.05, 3.63) is 39.5 Å². The average molecular weight is 333 g/mol. The zero-order chi connectivity index (χ0) is 15.7. The molecular formula is C13H8Cl2F2N2O2. The summed E-state index contributed by atoms with van der Waals surface area (Å²) < 4.78 is 33.2. The molecule has 0 aliphatic rings. The van der Waals surface area contributed by atoms with Crippen molar-refractivity contribution in [1.82, 2.24) is 4.98 Å². The third-order valence-electron chi connectivity index (χ3n) is 2.72. The van der Waals surface area contributed by atoms with E-state index in [-0.39, 0.29) is 32.7 Å². The second kappa shape index (κ2) is 5.83. The van der Waals surface area contributed by atoms with Crippen molar-refractivity contribution in [2.45, 2.75) is 0 Å². The first-order chi connectivity index (χ1) is 9.90. The standard InChI is InChI=1S/C13H8Cl2F2N2O2/c1-21-13-6(15)3-8(18)10(11(13)17)12-7(16)2-5(14)9(4-20)19-12/h2-4H,18H2,1H3. The summed E-state index contributed by atoms with van der Waals surface area (Å²) in [5, 5.41) is -0.257. The van der Waals surface area contributed by atoms with Gasteiger partial charge in [0.15, 0.2) is 23.7 Å². The highest BCUT2D eigenvalue weighted by molar-refractivity contribution is 6.33. The Bertz CT molecular complexity index is 739. The van der Waals surface area contributed by atoms with Crippen LogP contribution in [0.2, 0.25) is 10.0 Å². The number of anilines is 1. The van der Waals surface area contributed by atoms with Gasteiger partial charge in [0, 0.05) is 5.69 Å². The smallest absolute Gasteiger partial charge is 0.178 e. The fraction of sp³-hybridized carbons (Fsp3) is 0.0769. The predicted molar refractivity (Wildman–Crippen MR) is 76.0 cm³/mol. The van der Waals surface area contributed by atoms with Crippen LogP contribution in [0.25, 0.3) is 11.3 Å². The van der Waals surface area contributed by atoms with Gasteiger partial charge in [0.1, 0.15) is 11.4 Å². The number of hydrogen-bond donors (Lipinski definition) is 1. The van der Waals surface area contributed by atoms with E-state index in [0.717, 1.165) is 6.07 Å². The first-order valence-electron chi connectivity index (χ1n) is 5.53. The van der Waals surface area contributed by atoms with E-state index in [1.165, 1.54) is 13.2 Å². The molecule has 0 saturated carbocycles. The summed E-state index contributed by atoms with van der Waals surface area (Å²) in [6.45, 7) is 0. The minimum absolute atomic E-state index is 0.0683. The summed E-state index contributed by atoms with van der Waals surface area (Å²) >= 11 is 11.4. The number of nitrogen functional groups attached to an aromatic ring is 1. The van der Waals surface area contributed by atoms with Crippen molar-refractivity contribution in [3.8, 4) is 17.0 Å². The fourth-order valence-corrected chi connectivity index (χ4v) is 2.25. The van der Waals surface area contributed by atoms with Gasteiger partial charge in [-0.15, -0.1) is 0 Å². The van der Waals surface area contributed by atoms with Crippen LogP contribution in [-0.4, -0.2) is 18.4 Å². The van der Waals surface area contributed by atoms with E-state index >= 15 is 0 Å². The first-order valence-corrected chi connectivity index (χ1v) is 6.29. The molecule has 0 amide bonds. The molecule has 4 nitrogen and oxygen atoms in total. The molecule has 1 heterocycles. The van der Waals surface area contributed by atoms with Gasteiger partial charge >= 0.3 is 0 Å². The number of rotatable bonds is 3. The van der Waals surface area contributed by atoms with Gasteiger partial charge in [-0.3, -0.25) is 4.79 Å². The van der Waals surface area contributed by atoms with Gasteiger partial charge in [-0.25, -0.2) is 13.8 Å². The van der Waals surface area contributed by atoms with Crippen LogP contribution in [-0.2, 0) is 0 Å². The molecule has 1 aromatic carbocycles. The number of benzene rings is 1. The highest BCUT2D eigenvalue weighted by Gasteiger charge is 2.23. The molecule has 0 saturated heterocycles. The summed E-state index contributed by atoms with van der Waals surface area (Å²) in [4.78, 5) is 14.5. The lowest BCUT2D eigenvalue weighted by molar-refractivity contribution is 0.111. The Kier molecular flexibility index (Phi) is 4.29. The maximum absolute atomic E-state index is 14.4. The van der Waals surface area contributed by atoms with E-state index in [9.17, 15) is 13.6 Å². The molecule has 0 unspecified atom stereocenters. The summed E-state index contributed by atoms with van der Waals surface area (Å²) in [5.74, 6) is -2.21. The molecule has 0 atom stereocenters. The van der Waals surface area contributed by atoms with Crippen LogP contribution in [0.15, 0.2) is 12.1 Å². The molecule has 0 spiro atoms. The molecule has 0 fully saturated rings. The minimum atomic E-state index is -0.979. The van der Waals surface area contributed by atoms with Crippen molar-refractivity contribution < 1.29 is 18.3 Å². The molecule has 0 bridgehead atoms. The molecule has 2 aromatic rings. The van der Waals surface area contributed by atoms with Crippen molar-refractivity contribution in [2.24, 2.45) is 0 Å². The van der Waals surface area contributed by atoms with Gasteiger partial charge in [0.05, 0.1) is 22.7 Å². The molecule has 21 heavy (non-hydrogen) atoms. The lowest BCUT2D eigenvalue weighted by Gasteiger charge is -2.13. The number of ether oxygens (including phenoxy) is 1. The Morgan fingerprint density at radius 1 is 1.29 bits per heavy atom. The van der Waals surface area contributed by atoms with E-state index in [0.29, 0.717) is 6.29 Å². The number of nitrogens with zero attached hydrogens (tertiary/aromatic N) is 1. The summed E-state index contributed by atoms with van der Waals surface area (Å²) in [5.41, 5.74) is 4.48. The minimum Gasteiger partial charge on any atom is -0.492 e. The van der Waals surface area contributed by atoms with Crippen molar-refractivity contribution >= 4 is 35.2 Å². The summed E-state index contributed by atoms with van der Waals surface area (Å²) in [7, 11) is 1.20. The van der Waals surface area contributed by atoms with Crippen LogP contribution in [0, 0.1) is 11.6 Å². The molecule has 0 aliphatic heterocycles. The molecule has 1 aromatic heterocycles. The second-order valence-electron chi connectivity index (χ2n) is 3.97. The highest BCUT2D eigenvalue weighted by Crippen LogP contribution is 2.40. The Labute approximate surface area is 128 Å². The lowest BCUT2D eigenvalue weighted by Crippen LogP contribution is -2.03. The van der Waals surface area contributed by atoms with Gasteiger partial charge in [0.25, 0.3) is 0 Å². The van der Waals surface area contributed by atoms with Crippen molar-refractivity contribution in [2.75, 3.05) is 12.8 Å². The third kappa shape index (κ3) is 2.64. The Balaban J connectivity index is 2.81. The molecule has 2 N–H and O–H groups in total. The zero-order valence-corrected chi connectivity index (χ0v) is 12.1. The number of aromatic nitrogens is 1. The van der Waals surface area contributed by atoms with E-state index in [1.807, 2.05) is 0 Å². The van der Waals surface area contributed by atoms with Gasteiger partial charge in [-0.05, 0) is 12.1 Å². The number of carbonyl (C=O) groups is 1. The number of hydrogen-bond acceptors (Lipinski definition) is 4. The van der Waals surface area contributed by atoms with E-state index in [2.05, 4.69) is 4.98 Å². The number of carbonyl (C=O) groups excluding carboxylic acids is 1. The molecule has 8 heteroatoms. The second-order valence-corrected chi connectivity index (χ2v) is 4.79. The maximum Gasteiger partial charge on any atom is 0.178 e. The van der Waals surface area contributed by atoms with Gasteiger partial charge in [0.2, 0.25) is 0 Å². The Morgan fingerprint density at radius 3 is 2.52 bits per heavy atom. The average Bonchev–Trinajstić information content (AvgIpc) is 2.41. The Hall–Kier alpha value is -1.92. The van der Waals surface area contributed by atoms with Gasteiger partial charge in [-0.2, -0.15) is 0 Å². The van der Waals surface area contributed by atoms with E-state index in [4.69, 9.17) is 33.7 Å². The quantitative estimate of drug-likeness (QED) is 0.686. The molecule has 0 aliphatic carbocycles. The maximum atomic E-state index is 14.4. The fourth-order valence-electron chi connectivity index (χ4n) is 1.79. The number of nitrogens with two attached hydrogens (primary N) is 1. The lowest BCUT2D eigenvalue weighted by atomic mass is 10.1. The Morgan fingerprint density at radius 2 is 1.95 bits per heavy atom. The zero-order valence-electron chi connectivity index (χ0n) is 10.6. The van der Waals surface area contributed by atoms with Crippen LogP contribution in [0.4, 0.5) is 14.5 Å². The normalized spacial score (nSPS) is 10.5. The van der Waals surface area contributed by atoms with Crippen molar-refractivity contribution in [3.63, 3.8) is 0 Å². The first kappa shape index (κ1) is 15.5. The molecule has 0 radical (unpaired) electrons. The monoisotopic (exact) mass is 332 g/mol. The number of methoxy groups -OCH3 is 1. The predicted octanol–water partition coefficient (Wildman–Crippen LogP) is 3.74. The topological polar surface area (TPSA) is 65.2 Å². The van der Waals surface area contributed by atoms with Crippen LogP contribution >= 0.6 is 23.2 Å². The summed E-state index contributed by atoms with van der Waals surface area (Å²) in [6, 6.07) is 2.06. The van der Waals surface area contributed by atoms with Crippen LogP contribution in [0.5, 0.6) is 5.75 Å². The number of halogens is 4. The van der Waals surface area contributed by atoms with Crippen LogP contribution in [0.1, 0.15) is 10.5 Å². The number of aldehydes is 1. The van der Waals surface area contributed by atoms with E-state index < -0.39 is 17.3 Å². The van der Waals surface area contributed by atoms with Crippen LogP contribution < -0.4 is 10.5 Å². The van der Waals surface area contributed by atoms with Gasteiger partial charge < -0.3 is 10.5 Å². The summed E-state index contributed by atoms with van der Waals surface area (Å²) in [6.07, 6.45) is 0.326. The number of pyridine rings is 1. The SMILES string of the molecule is COc1c(Cl)cc(N)c(-c2nc(C=O)c(Cl)cc2F)c1F.